The molecule has 1 unspecified atom stereocenters. The predicted octanol–water partition coefficient (Wildman–Crippen LogP) is 4.14. The zero-order chi connectivity index (χ0) is 19.6. The molecular weight excluding hydrogens is 384 g/mol. The second-order valence-corrected chi connectivity index (χ2v) is 9.14. The van der Waals surface area contributed by atoms with Crippen LogP contribution in [0.5, 0.6) is 0 Å². The molecule has 2 aromatic rings. The van der Waals surface area contributed by atoms with Gasteiger partial charge in [-0.1, -0.05) is 41.8 Å². The van der Waals surface area contributed by atoms with Gasteiger partial charge in [0.25, 0.3) is 0 Å². The number of benzene rings is 2. The smallest absolute Gasteiger partial charge is 0.243 e. The molecule has 1 fully saturated rings. The van der Waals surface area contributed by atoms with Crippen LogP contribution in [0.1, 0.15) is 30.4 Å². The van der Waals surface area contributed by atoms with Crippen LogP contribution < -0.4 is 5.32 Å². The Hall–Kier alpha value is -1.89. The van der Waals surface area contributed by atoms with E-state index in [-0.39, 0.29) is 10.8 Å². The summed E-state index contributed by atoms with van der Waals surface area (Å²) >= 11 is 6.12. The molecule has 0 aromatic heterocycles. The molecule has 3 rings (SSSR count). The van der Waals surface area contributed by atoms with E-state index in [0.717, 1.165) is 24.0 Å². The molecule has 144 valence electrons. The van der Waals surface area contributed by atoms with E-state index in [2.05, 4.69) is 5.32 Å². The van der Waals surface area contributed by atoms with Crippen LogP contribution in [0.3, 0.4) is 0 Å². The van der Waals surface area contributed by atoms with E-state index in [1.54, 1.807) is 42.5 Å². The summed E-state index contributed by atoms with van der Waals surface area (Å²) in [5, 5.41) is 3.41. The molecule has 0 bridgehead atoms. The summed E-state index contributed by atoms with van der Waals surface area (Å²) in [5.74, 6) is -0.323. The summed E-state index contributed by atoms with van der Waals surface area (Å²) in [7, 11) is -3.74. The molecule has 1 N–H and O–H groups in total. The van der Waals surface area contributed by atoms with E-state index in [4.69, 9.17) is 11.6 Å². The van der Waals surface area contributed by atoms with Gasteiger partial charge in [0.15, 0.2) is 0 Å². The quantitative estimate of drug-likeness (QED) is 0.829. The second kappa shape index (κ2) is 8.00. The van der Waals surface area contributed by atoms with Crippen LogP contribution in [0.2, 0.25) is 5.02 Å². The molecule has 7 heteroatoms. The van der Waals surface area contributed by atoms with Gasteiger partial charge in [-0.3, -0.25) is 4.79 Å². The van der Waals surface area contributed by atoms with Crippen molar-refractivity contribution in [2.45, 2.75) is 44.0 Å². The SMILES string of the molecule is Cc1ccc(S(=O)(=O)N2CCCCC2C(=O)Nc2cccc(Cl)c2C)cc1. The number of nitrogens with one attached hydrogen (secondary N) is 1. The Morgan fingerprint density at radius 3 is 2.52 bits per heavy atom. The highest BCUT2D eigenvalue weighted by atomic mass is 35.5. The Labute approximate surface area is 165 Å². The maximum atomic E-state index is 13.1. The first-order chi connectivity index (χ1) is 12.8. The Kier molecular flexibility index (Phi) is 5.89. The maximum absolute atomic E-state index is 13.1. The molecule has 1 amide bonds. The Balaban J connectivity index is 1.87. The highest BCUT2D eigenvalue weighted by Crippen LogP contribution is 2.28. The molecule has 27 heavy (non-hydrogen) atoms. The molecule has 2 aromatic carbocycles. The number of halogens is 1. The van der Waals surface area contributed by atoms with Crippen LogP contribution in [-0.4, -0.2) is 31.2 Å². The first-order valence-electron chi connectivity index (χ1n) is 8.95. The van der Waals surface area contributed by atoms with E-state index in [0.29, 0.717) is 23.7 Å². The van der Waals surface area contributed by atoms with Crippen molar-refractivity contribution in [1.82, 2.24) is 4.31 Å². The van der Waals surface area contributed by atoms with Crippen molar-refractivity contribution in [3.8, 4) is 0 Å². The summed E-state index contributed by atoms with van der Waals surface area (Å²) in [4.78, 5) is 13.1. The minimum absolute atomic E-state index is 0.215. The van der Waals surface area contributed by atoms with Crippen LogP contribution in [0, 0.1) is 13.8 Å². The average molecular weight is 407 g/mol. The number of sulfonamides is 1. The van der Waals surface area contributed by atoms with Gasteiger partial charge in [0.2, 0.25) is 15.9 Å². The average Bonchev–Trinajstić information content (AvgIpc) is 2.66. The van der Waals surface area contributed by atoms with Gasteiger partial charge in [-0.05, 0) is 56.5 Å². The highest BCUT2D eigenvalue weighted by Gasteiger charge is 2.37. The molecule has 1 aliphatic rings. The summed E-state index contributed by atoms with van der Waals surface area (Å²) in [6, 6.07) is 11.3. The van der Waals surface area contributed by atoms with E-state index in [9.17, 15) is 13.2 Å². The number of rotatable bonds is 4. The van der Waals surface area contributed by atoms with E-state index >= 15 is 0 Å². The molecule has 1 heterocycles. The van der Waals surface area contributed by atoms with Gasteiger partial charge < -0.3 is 5.32 Å². The first-order valence-corrected chi connectivity index (χ1v) is 10.8. The number of hydrogen-bond donors (Lipinski definition) is 1. The fourth-order valence-corrected chi connectivity index (χ4v) is 5.09. The molecule has 0 spiro atoms. The van der Waals surface area contributed by atoms with E-state index < -0.39 is 16.1 Å². The van der Waals surface area contributed by atoms with E-state index in [1.165, 1.54) is 4.31 Å². The molecule has 0 saturated carbocycles. The predicted molar refractivity (Wildman–Crippen MR) is 108 cm³/mol. The van der Waals surface area contributed by atoms with Gasteiger partial charge in [-0.25, -0.2) is 8.42 Å². The van der Waals surface area contributed by atoms with Crippen molar-refractivity contribution in [2.24, 2.45) is 0 Å². The van der Waals surface area contributed by atoms with E-state index in [1.807, 2.05) is 13.8 Å². The largest absolute Gasteiger partial charge is 0.324 e. The molecule has 1 aliphatic heterocycles. The third-order valence-corrected chi connectivity index (χ3v) is 7.24. The van der Waals surface area contributed by atoms with Gasteiger partial charge >= 0.3 is 0 Å². The number of aryl methyl sites for hydroxylation is 1. The number of anilines is 1. The van der Waals surface area contributed by atoms with Crippen molar-refractivity contribution >= 4 is 33.2 Å². The van der Waals surface area contributed by atoms with Crippen LogP contribution in [0.25, 0.3) is 0 Å². The summed E-state index contributed by atoms with van der Waals surface area (Å²) in [6.07, 6.45) is 2.05. The lowest BCUT2D eigenvalue weighted by molar-refractivity contribution is -0.120. The van der Waals surface area contributed by atoms with Crippen molar-refractivity contribution in [2.75, 3.05) is 11.9 Å². The third kappa shape index (κ3) is 4.18. The summed E-state index contributed by atoms with van der Waals surface area (Å²) in [5.41, 5.74) is 2.35. The second-order valence-electron chi connectivity index (χ2n) is 6.84. The minimum Gasteiger partial charge on any atom is -0.324 e. The number of amides is 1. The minimum atomic E-state index is -3.74. The number of carbonyl (C=O) groups excluding carboxylic acids is 1. The monoisotopic (exact) mass is 406 g/mol. The molecule has 0 radical (unpaired) electrons. The number of nitrogens with zero attached hydrogens (tertiary/aromatic N) is 1. The molecule has 1 atom stereocenters. The normalized spacial score (nSPS) is 18.3. The zero-order valence-electron chi connectivity index (χ0n) is 15.4. The topological polar surface area (TPSA) is 66.5 Å². The number of hydrogen-bond acceptors (Lipinski definition) is 3. The molecular formula is C20H23ClN2O3S. The first kappa shape index (κ1) is 19.9. The third-order valence-electron chi connectivity index (χ3n) is 4.91. The highest BCUT2D eigenvalue weighted by molar-refractivity contribution is 7.89. The lowest BCUT2D eigenvalue weighted by Crippen LogP contribution is -2.49. The zero-order valence-corrected chi connectivity index (χ0v) is 17.0. The van der Waals surface area contributed by atoms with Crippen LogP contribution in [-0.2, 0) is 14.8 Å². The van der Waals surface area contributed by atoms with Gasteiger partial charge in [-0.2, -0.15) is 4.31 Å². The Morgan fingerprint density at radius 1 is 1.11 bits per heavy atom. The van der Waals surface area contributed by atoms with Gasteiger partial charge in [0.1, 0.15) is 6.04 Å². The number of piperidine rings is 1. The molecule has 1 saturated heterocycles. The standard InChI is InChI=1S/C20H23ClN2O3S/c1-14-9-11-16(12-10-14)27(25,26)23-13-4-3-8-19(23)20(24)22-18-7-5-6-17(21)15(18)2/h5-7,9-12,19H,3-4,8,13H2,1-2H3,(H,22,24). The maximum Gasteiger partial charge on any atom is 0.243 e. The fourth-order valence-electron chi connectivity index (χ4n) is 3.26. The molecule has 0 aliphatic carbocycles. The van der Waals surface area contributed by atoms with Crippen molar-refractivity contribution in [3.05, 3.63) is 58.6 Å². The van der Waals surface area contributed by atoms with Crippen LogP contribution >= 0.6 is 11.6 Å². The van der Waals surface area contributed by atoms with Gasteiger partial charge in [0, 0.05) is 17.3 Å². The van der Waals surface area contributed by atoms with Crippen LogP contribution in [0.15, 0.2) is 47.4 Å². The lowest BCUT2D eigenvalue weighted by Gasteiger charge is -2.33. The summed E-state index contributed by atoms with van der Waals surface area (Å²) in [6.45, 7) is 4.06. The Morgan fingerprint density at radius 2 is 1.81 bits per heavy atom. The fraction of sp³-hybridized carbons (Fsp3) is 0.350. The van der Waals surface area contributed by atoms with Crippen molar-refractivity contribution in [3.63, 3.8) is 0 Å². The van der Waals surface area contributed by atoms with Crippen molar-refractivity contribution < 1.29 is 13.2 Å². The summed E-state index contributed by atoms with van der Waals surface area (Å²) < 4.78 is 27.6. The molecule has 5 nitrogen and oxygen atoms in total. The number of carbonyl (C=O) groups is 1. The van der Waals surface area contributed by atoms with Gasteiger partial charge in [-0.15, -0.1) is 0 Å². The Bertz CT molecular complexity index is 942. The van der Waals surface area contributed by atoms with Crippen LogP contribution in [0.4, 0.5) is 5.69 Å². The van der Waals surface area contributed by atoms with Gasteiger partial charge in [0.05, 0.1) is 4.90 Å². The van der Waals surface area contributed by atoms with Crippen molar-refractivity contribution in [1.29, 1.82) is 0 Å². The lowest BCUT2D eigenvalue weighted by atomic mass is 10.0.